The maximum atomic E-state index is 12.0. The van der Waals surface area contributed by atoms with Gasteiger partial charge in [-0.15, -0.1) is 0 Å². The third kappa shape index (κ3) is 7.78. The van der Waals surface area contributed by atoms with Crippen LogP contribution >= 0.6 is 0 Å². The highest BCUT2D eigenvalue weighted by molar-refractivity contribution is 6.05. The van der Waals surface area contributed by atoms with Crippen molar-refractivity contribution < 1.29 is 4.79 Å². The minimum atomic E-state index is -0.143. The monoisotopic (exact) mass is 304 g/mol. The number of unbranched alkanes of at least 4 members (excludes halogenated alkanes) is 5. The Bertz CT molecular complexity index is 445. The lowest BCUT2D eigenvalue weighted by Crippen LogP contribution is -2.39. The molecule has 4 N–H and O–H groups in total. The van der Waals surface area contributed by atoms with E-state index in [1.54, 1.807) is 19.2 Å². The van der Waals surface area contributed by atoms with Crippen LogP contribution in [0.15, 0.2) is 35.3 Å². The van der Waals surface area contributed by atoms with E-state index in [0.29, 0.717) is 11.5 Å². The van der Waals surface area contributed by atoms with Crippen molar-refractivity contribution in [2.45, 2.75) is 38.5 Å². The second-order valence-corrected chi connectivity index (χ2v) is 5.21. The van der Waals surface area contributed by atoms with Crippen molar-refractivity contribution in [1.29, 1.82) is 0 Å². The number of rotatable bonds is 9. The molecule has 0 aliphatic carbocycles. The number of benzene rings is 1. The number of carbonyl (C=O) groups excluding carboxylic acids is 1. The van der Waals surface area contributed by atoms with Gasteiger partial charge in [-0.1, -0.05) is 43.9 Å². The quantitative estimate of drug-likeness (QED) is 0.372. The zero-order chi connectivity index (χ0) is 16.0. The highest BCUT2D eigenvalue weighted by atomic mass is 16.1. The van der Waals surface area contributed by atoms with Crippen LogP contribution in [0, 0.1) is 0 Å². The van der Waals surface area contributed by atoms with Crippen molar-refractivity contribution in [2.75, 3.05) is 20.1 Å². The average molecular weight is 304 g/mol. The number of hydrogen-bond donors (Lipinski definition) is 3. The summed E-state index contributed by atoms with van der Waals surface area (Å²) in [5.41, 5.74) is 6.09. The van der Waals surface area contributed by atoms with Crippen LogP contribution in [0.3, 0.4) is 0 Å². The lowest BCUT2D eigenvalue weighted by atomic mass is 10.1. The van der Waals surface area contributed by atoms with E-state index in [1.807, 2.05) is 18.2 Å². The predicted octanol–water partition coefficient (Wildman–Crippen LogP) is 2.29. The molecule has 0 aliphatic rings. The van der Waals surface area contributed by atoms with Gasteiger partial charge in [-0.05, 0) is 31.5 Å². The van der Waals surface area contributed by atoms with E-state index in [9.17, 15) is 4.79 Å². The summed E-state index contributed by atoms with van der Waals surface area (Å²) in [5, 5.41) is 5.71. The van der Waals surface area contributed by atoms with Crippen molar-refractivity contribution in [3.8, 4) is 0 Å². The zero-order valence-electron chi connectivity index (χ0n) is 13.5. The standard InChI is InChI=1S/C17H28N4O/c1-19-17(20-14-10-5-3-2-4-9-13-18)21-16(22)15-11-7-6-8-12-15/h6-8,11-12H,2-5,9-10,13-14,18H2,1H3,(H2,19,20,21,22). The minimum Gasteiger partial charge on any atom is -0.359 e. The van der Waals surface area contributed by atoms with Gasteiger partial charge < -0.3 is 11.1 Å². The Morgan fingerprint density at radius 2 is 1.68 bits per heavy atom. The molecular weight excluding hydrogens is 276 g/mol. The fraction of sp³-hybridized carbons (Fsp3) is 0.529. The van der Waals surface area contributed by atoms with Gasteiger partial charge in [-0.3, -0.25) is 15.1 Å². The molecule has 0 atom stereocenters. The van der Waals surface area contributed by atoms with Gasteiger partial charge in [-0.2, -0.15) is 0 Å². The Morgan fingerprint density at radius 1 is 1.05 bits per heavy atom. The third-order valence-electron chi connectivity index (χ3n) is 3.39. The first-order valence-electron chi connectivity index (χ1n) is 8.06. The van der Waals surface area contributed by atoms with Crippen LogP contribution < -0.4 is 16.4 Å². The fourth-order valence-corrected chi connectivity index (χ4v) is 2.10. The van der Waals surface area contributed by atoms with E-state index < -0.39 is 0 Å². The second-order valence-electron chi connectivity index (χ2n) is 5.21. The van der Waals surface area contributed by atoms with Gasteiger partial charge >= 0.3 is 0 Å². The molecule has 0 radical (unpaired) electrons. The van der Waals surface area contributed by atoms with Gasteiger partial charge in [0.2, 0.25) is 0 Å². The Kier molecular flexibility index (Phi) is 9.70. The Hall–Kier alpha value is -1.88. The smallest absolute Gasteiger partial charge is 0.257 e. The summed E-state index contributed by atoms with van der Waals surface area (Å²) < 4.78 is 0. The number of hydrogen-bond acceptors (Lipinski definition) is 3. The molecule has 122 valence electrons. The van der Waals surface area contributed by atoms with E-state index in [2.05, 4.69) is 15.6 Å². The Morgan fingerprint density at radius 3 is 2.32 bits per heavy atom. The molecule has 1 aromatic rings. The van der Waals surface area contributed by atoms with Crippen molar-refractivity contribution in [1.82, 2.24) is 10.6 Å². The molecule has 0 unspecified atom stereocenters. The zero-order valence-corrected chi connectivity index (χ0v) is 13.5. The third-order valence-corrected chi connectivity index (χ3v) is 3.39. The molecule has 0 aliphatic heterocycles. The molecule has 0 heterocycles. The normalized spacial score (nSPS) is 11.3. The number of carbonyl (C=O) groups is 1. The molecule has 0 saturated heterocycles. The van der Waals surface area contributed by atoms with E-state index in [1.165, 1.54) is 19.3 Å². The second kappa shape index (κ2) is 11.7. The summed E-state index contributed by atoms with van der Waals surface area (Å²) in [5.74, 6) is 0.382. The lowest BCUT2D eigenvalue weighted by molar-refractivity contribution is 0.0976. The van der Waals surface area contributed by atoms with Crippen LogP contribution in [-0.2, 0) is 0 Å². The summed E-state index contributed by atoms with van der Waals surface area (Å²) in [6.45, 7) is 1.51. The number of guanidine groups is 1. The molecule has 0 aromatic heterocycles. The first-order chi connectivity index (χ1) is 10.8. The van der Waals surface area contributed by atoms with Gasteiger partial charge in [0, 0.05) is 19.2 Å². The SMILES string of the molecule is CN/C(=N\CCCCCCCCN)NC(=O)c1ccccc1. The highest BCUT2D eigenvalue weighted by Crippen LogP contribution is 2.04. The average Bonchev–Trinajstić information content (AvgIpc) is 2.56. The van der Waals surface area contributed by atoms with E-state index in [4.69, 9.17) is 5.73 Å². The molecule has 0 saturated carbocycles. The molecule has 5 nitrogen and oxygen atoms in total. The van der Waals surface area contributed by atoms with Crippen LogP contribution in [0.5, 0.6) is 0 Å². The summed E-state index contributed by atoms with van der Waals surface area (Å²) in [6, 6.07) is 9.14. The van der Waals surface area contributed by atoms with Crippen LogP contribution in [-0.4, -0.2) is 32.0 Å². The minimum absolute atomic E-state index is 0.143. The van der Waals surface area contributed by atoms with Gasteiger partial charge in [0.25, 0.3) is 5.91 Å². The van der Waals surface area contributed by atoms with Crippen molar-refractivity contribution >= 4 is 11.9 Å². The van der Waals surface area contributed by atoms with Crippen LogP contribution in [0.1, 0.15) is 48.9 Å². The molecule has 0 fully saturated rings. The molecule has 22 heavy (non-hydrogen) atoms. The summed E-state index contributed by atoms with van der Waals surface area (Å²) in [7, 11) is 1.76. The van der Waals surface area contributed by atoms with Crippen molar-refractivity contribution in [2.24, 2.45) is 10.7 Å². The number of nitrogens with zero attached hydrogens (tertiary/aromatic N) is 1. The van der Waals surface area contributed by atoms with Gasteiger partial charge in [0.05, 0.1) is 0 Å². The topological polar surface area (TPSA) is 79.5 Å². The number of aliphatic imine (C=N–C) groups is 1. The highest BCUT2D eigenvalue weighted by Gasteiger charge is 2.06. The predicted molar refractivity (Wildman–Crippen MR) is 92.0 cm³/mol. The maximum absolute atomic E-state index is 12.0. The first kappa shape index (κ1) is 18.2. The molecule has 1 amide bonds. The lowest BCUT2D eigenvalue weighted by Gasteiger charge is -2.08. The molecule has 5 heteroatoms. The summed E-state index contributed by atoms with van der Waals surface area (Å²) in [6.07, 6.45) is 7.00. The van der Waals surface area contributed by atoms with E-state index >= 15 is 0 Å². The van der Waals surface area contributed by atoms with Gasteiger partial charge in [-0.25, -0.2) is 0 Å². The summed E-state index contributed by atoms with van der Waals surface area (Å²) >= 11 is 0. The molecular formula is C17H28N4O. The largest absolute Gasteiger partial charge is 0.359 e. The van der Waals surface area contributed by atoms with Crippen LogP contribution in [0.25, 0.3) is 0 Å². The van der Waals surface area contributed by atoms with Gasteiger partial charge in [0.1, 0.15) is 0 Å². The number of nitrogens with two attached hydrogens (primary N) is 1. The number of amides is 1. The van der Waals surface area contributed by atoms with Crippen LogP contribution in [0.4, 0.5) is 0 Å². The van der Waals surface area contributed by atoms with Crippen LogP contribution in [0.2, 0.25) is 0 Å². The Labute approximate surface area is 133 Å². The fourth-order valence-electron chi connectivity index (χ4n) is 2.10. The first-order valence-corrected chi connectivity index (χ1v) is 8.06. The molecule has 1 aromatic carbocycles. The van der Waals surface area contributed by atoms with E-state index in [-0.39, 0.29) is 5.91 Å². The van der Waals surface area contributed by atoms with E-state index in [0.717, 1.165) is 32.4 Å². The molecule has 1 rings (SSSR count). The van der Waals surface area contributed by atoms with Crippen molar-refractivity contribution in [3.63, 3.8) is 0 Å². The Balaban J connectivity index is 2.24. The molecule has 0 spiro atoms. The van der Waals surface area contributed by atoms with Gasteiger partial charge in [0.15, 0.2) is 5.96 Å². The number of nitrogens with one attached hydrogen (secondary N) is 2. The summed E-state index contributed by atoms with van der Waals surface area (Å²) in [4.78, 5) is 16.4. The maximum Gasteiger partial charge on any atom is 0.257 e. The van der Waals surface area contributed by atoms with Crippen molar-refractivity contribution in [3.05, 3.63) is 35.9 Å². The molecule has 0 bridgehead atoms.